The van der Waals surface area contributed by atoms with Crippen LogP contribution in [0.2, 0.25) is 0 Å². The third kappa shape index (κ3) is 4.50. The molecule has 10 heteroatoms. The van der Waals surface area contributed by atoms with Crippen LogP contribution in [0.3, 0.4) is 0 Å². The van der Waals surface area contributed by atoms with Crippen LogP contribution < -0.4 is 14.9 Å². The van der Waals surface area contributed by atoms with Gasteiger partial charge in [0.25, 0.3) is 10.0 Å². The Kier molecular flexibility index (Phi) is 5.80. The summed E-state index contributed by atoms with van der Waals surface area (Å²) in [6.45, 7) is 0.994. The first-order chi connectivity index (χ1) is 14.4. The van der Waals surface area contributed by atoms with Gasteiger partial charge < -0.3 is 10.2 Å². The van der Waals surface area contributed by atoms with Gasteiger partial charge in [-0.3, -0.25) is 9.52 Å². The number of thiazole rings is 1. The lowest BCUT2D eigenvalue weighted by atomic mass is 10.2. The summed E-state index contributed by atoms with van der Waals surface area (Å²) in [5, 5.41) is 5.18. The summed E-state index contributed by atoms with van der Waals surface area (Å²) in [4.78, 5) is 18.4. The van der Waals surface area contributed by atoms with Crippen molar-refractivity contribution in [3.05, 3.63) is 71.5 Å². The SMILES string of the molecule is O=C1[C@@H](NCc2ccc(F)cc2)CCN1c1ccc(S(=O)(=O)Nc2nccs2)cc1.[HH].[HH]. The van der Waals surface area contributed by atoms with Crippen LogP contribution in [-0.2, 0) is 21.4 Å². The number of nitrogens with one attached hydrogen (secondary N) is 2. The standard InChI is InChI=1S/C20H19FN4O3S2.2H2/c21-15-3-1-14(2-4-15)13-23-18-9-11-25(19(18)26)16-5-7-17(8-6-16)30(27,28)24-20-22-10-12-29-20;;/h1-8,10,12,18,23H,9,11,13H2,(H,22,24);2*1H/t18-;;/m0../s1. The predicted molar refractivity (Wildman–Crippen MR) is 118 cm³/mol. The number of sulfonamides is 1. The van der Waals surface area contributed by atoms with Gasteiger partial charge in [0.1, 0.15) is 5.82 Å². The Hall–Kier alpha value is -2.82. The van der Waals surface area contributed by atoms with E-state index in [1.54, 1.807) is 34.5 Å². The lowest BCUT2D eigenvalue weighted by Crippen LogP contribution is -2.38. The third-order valence-electron chi connectivity index (χ3n) is 4.78. The van der Waals surface area contributed by atoms with Crippen molar-refractivity contribution < 1.29 is 20.5 Å². The lowest BCUT2D eigenvalue weighted by molar-refractivity contribution is -0.118. The van der Waals surface area contributed by atoms with Crippen molar-refractivity contribution in [1.82, 2.24) is 10.3 Å². The molecular formula is C20H23FN4O3S2. The van der Waals surface area contributed by atoms with Gasteiger partial charge in [0, 0.05) is 33.2 Å². The second-order valence-electron chi connectivity index (χ2n) is 6.78. The molecule has 0 spiro atoms. The minimum atomic E-state index is -3.73. The summed E-state index contributed by atoms with van der Waals surface area (Å²) in [7, 11) is -3.73. The first kappa shape index (κ1) is 20.5. The number of benzene rings is 2. The molecule has 30 heavy (non-hydrogen) atoms. The molecule has 0 bridgehead atoms. The number of halogens is 1. The van der Waals surface area contributed by atoms with Crippen LogP contribution in [0.25, 0.3) is 0 Å². The van der Waals surface area contributed by atoms with Crippen molar-refractivity contribution in [2.24, 2.45) is 0 Å². The maximum atomic E-state index is 13.0. The van der Waals surface area contributed by atoms with Gasteiger partial charge in [-0.2, -0.15) is 0 Å². The highest BCUT2D eigenvalue weighted by Gasteiger charge is 2.32. The number of carbonyl (C=O) groups excluding carboxylic acids is 1. The zero-order valence-corrected chi connectivity index (χ0v) is 17.4. The van der Waals surface area contributed by atoms with Crippen LogP contribution in [0.5, 0.6) is 0 Å². The van der Waals surface area contributed by atoms with Gasteiger partial charge in [-0.1, -0.05) is 12.1 Å². The van der Waals surface area contributed by atoms with E-state index in [-0.39, 0.29) is 25.5 Å². The van der Waals surface area contributed by atoms with Gasteiger partial charge >= 0.3 is 0 Å². The summed E-state index contributed by atoms with van der Waals surface area (Å²) in [5.74, 6) is -0.372. The summed E-state index contributed by atoms with van der Waals surface area (Å²) in [5.41, 5.74) is 1.53. The molecule has 0 aliphatic carbocycles. The molecular weight excluding hydrogens is 427 g/mol. The molecule has 1 fully saturated rings. The maximum Gasteiger partial charge on any atom is 0.263 e. The highest BCUT2D eigenvalue weighted by atomic mass is 32.2. The molecule has 1 aliphatic heterocycles. The zero-order valence-electron chi connectivity index (χ0n) is 15.8. The molecule has 1 saturated heterocycles. The van der Waals surface area contributed by atoms with Gasteiger partial charge in [0.15, 0.2) is 5.13 Å². The molecule has 1 atom stereocenters. The van der Waals surface area contributed by atoms with Crippen molar-refractivity contribution in [3.63, 3.8) is 0 Å². The maximum absolute atomic E-state index is 13.0. The molecule has 0 saturated carbocycles. The fourth-order valence-corrected chi connectivity index (χ4v) is 5.01. The fourth-order valence-electron chi connectivity index (χ4n) is 3.22. The molecule has 2 N–H and O–H groups in total. The van der Waals surface area contributed by atoms with Crippen molar-refractivity contribution >= 4 is 38.1 Å². The Balaban J connectivity index is 0.00000181. The number of hydrogen-bond donors (Lipinski definition) is 2. The number of aromatic nitrogens is 1. The molecule has 2 heterocycles. The van der Waals surface area contributed by atoms with Crippen molar-refractivity contribution in [1.29, 1.82) is 0 Å². The van der Waals surface area contributed by atoms with Gasteiger partial charge in [-0.05, 0) is 48.4 Å². The van der Waals surface area contributed by atoms with Crippen LogP contribution in [-0.4, -0.2) is 31.9 Å². The van der Waals surface area contributed by atoms with E-state index in [1.807, 2.05) is 0 Å². The molecule has 7 nitrogen and oxygen atoms in total. The Morgan fingerprint density at radius 1 is 1.17 bits per heavy atom. The first-order valence-corrected chi connectivity index (χ1v) is 11.6. The van der Waals surface area contributed by atoms with E-state index in [1.165, 1.54) is 41.8 Å². The van der Waals surface area contributed by atoms with Crippen LogP contribution in [0, 0.1) is 5.82 Å². The summed E-state index contributed by atoms with van der Waals surface area (Å²) >= 11 is 1.19. The molecule has 1 aliphatic rings. The average Bonchev–Trinajstić information content (AvgIpc) is 3.37. The van der Waals surface area contributed by atoms with Crippen molar-refractivity contribution in [2.75, 3.05) is 16.2 Å². The van der Waals surface area contributed by atoms with Gasteiger partial charge in [0.05, 0.1) is 10.9 Å². The minimum Gasteiger partial charge on any atom is -0.311 e. The molecule has 0 radical (unpaired) electrons. The predicted octanol–water partition coefficient (Wildman–Crippen LogP) is 3.47. The zero-order chi connectivity index (χ0) is 21.1. The number of carbonyl (C=O) groups is 1. The Bertz CT molecular complexity index is 1130. The Labute approximate surface area is 180 Å². The van der Waals surface area contributed by atoms with Gasteiger partial charge in [-0.15, -0.1) is 11.3 Å². The topological polar surface area (TPSA) is 91.4 Å². The quantitative estimate of drug-likeness (QED) is 0.575. The van der Waals surface area contributed by atoms with Crippen LogP contribution in [0.15, 0.2) is 65.0 Å². The summed E-state index contributed by atoms with van der Waals surface area (Å²) < 4.78 is 40.3. The number of amides is 1. The molecule has 0 unspecified atom stereocenters. The molecule has 160 valence electrons. The van der Waals surface area contributed by atoms with E-state index in [2.05, 4.69) is 15.0 Å². The highest BCUT2D eigenvalue weighted by Crippen LogP contribution is 2.25. The third-order valence-corrected chi connectivity index (χ3v) is 6.96. The van der Waals surface area contributed by atoms with Crippen molar-refractivity contribution in [2.45, 2.75) is 23.9 Å². The second-order valence-corrected chi connectivity index (χ2v) is 9.35. The summed E-state index contributed by atoms with van der Waals surface area (Å²) in [6.07, 6.45) is 2.15. The minimum absolute atomic E-state index is 0. The molecule has 1 amide bonds. The summed E-state index contributed by atoms with van der Waals surface area (Å²) in [6, 6.07) is 12.0. The number of rotatable bonds is 7. The normalized spacial score (nSPS) is 16.8. The van der Waals surface area contributed by atoms with Crippen molar-refractivity contribution in [3.8, 4) is 0 Å². The smallest absolute Gasteiger partial charge is 0.263 e. The van der Waals surface area contributed by atoms with Gasteiger partial charge in [-0.25, -0.2) is 17.8 Å². The highest BCUT2D eigenvalue weighted by molar-refractivity contribution is 7.93. The Morgan fingerprint density at radius 2 is 1.90 bits per heavy atom. The Morgan fingerprint density at radius 3 is 2.57 bits per heavy atom. The molecule has 3 aromatic rings. The average molecular weight is 451 g/mol. The fraction of sp³-hybridized carbons (Fsp3) is 0.200. The lowest BCUT2D eigenvalue weighted by Gasteiger charge is -2.18. The molecule has 4 rings (SSSR count). The van der Waals surface area contributed by atoms with Crippen LogP contribution >= 0.6 is 11.3 Å². The monoisotopic (exact) mass is 450 g/mol. The largest absolute Gasteiger partial charge is 0.311 e. The second kappa shape index (κ2) is 8.50. The number of anilines is 2. The van der Waals surface area contributed by atoms with E-state index in [0.717, 1.165) is 5.56 Å². The number of nitrogens with zero attached hydrogens (tertiary/aromatic N) is 2. The van der Waals surface area contributed by atoms with E-state index >= 15 is 0 Å². The van der Waals surface area contributed by atoms with Crippen LogP contribution in [0.1, 0.15) is 14.8 Å². The van der Waals surface area contributed by atoms with Gasteiger partial charge in [0.2, 0.25) is 5.91 Å². The number of hydrogen-bond acceptors (Lipinski definition) is 6. The van der Waals surface area contributed by atoms with E-state index in [9.17, 15) is 17.6 Å². The van der Waals surface area contributed by atoms with E-state index in [0.29, 0.717) is 30.3 Å². The molecule has 1 aromatic heterocycles. The van der Waals surface area contributed by atoms with E-state index < -0.39 is 10.0 Å². The molecule has 2 aromatic carbocycles. The van der Waals surface area contributed by atoms with E-state index in [4.69, 9.17) is 0 Å². The first-order valence-electron chi connectivity index (χ1n) is 9.24. The van der Waals surface area contributed by atoms with Crippen LogP contribution in [0.4, 0.5) is 15.2 Å².